The summed E-state index contributed by atoms with van der Waals surface area (Å²) in [6.07, 6.45) is 1.24. The lowest BCUT2D eigenvalue weighted by Crippen LogP contribution is -2.21. The molecule has 1 N–H and O–H groups in total. The molecule has 7 nitrogen and oxygen atoms in total. The third-order valence-electron chi connectivity index (χ3n) is 4.06. The molecule has 3 rings (SSSR count). The number of carbonyl (C=O) groups is 3. The molecule has 1 aliphatic heterocycles. The summed E-state index contributed by atoms with van der Waals surface area (Å²) < 4.78 is 15.2. The van der Waals surface area contributed by atoms with Crippen LogP contribution in [0.4, 0.5) is 4.79 Å². The highest BCUT2D eigenvalue weighted by Crippen LogP contribution is 2.29. The van der Waals surface area contributed by atoms with E-state index in [0.29, 0.717) is 29.9 Å². The average Bonchev–Trinajstić information content (AvgIpc) is 3.24. The maximum absolute atomic E-state index is 11.8. The molecule has 1 heterocycles. The van der Waals surface area contributed by atoms with Gasteiger partial charge in [-0.05, 0) is 24.3 Å². The van der Waals surface area contributed by atoms with E-state index in [9.17, 15) is 14.4 Å². The fourth-order valence-electron chi connectivity index (χ4n) is 2.57. The minimum absolute atomic E-state index is 0.130. The number of carboxylic acids is 1. The van der Waals surface area contributed by atoms with E-state index in [1.807, 2.05) is 6.07 Å². The molecule has 164 valence electrons. The van der Waals surface area contributed by atoms with Gasteiger partial charge in [-0.1, -0.05) is 49.1 Å². The topological polar surface area (TPSA) is 99.1 Å². The number of esters is 1. The van der Waals surface area contributed by atoms with Crippen LogP contribution >= 0.6 is 11.8 Å². The Morgan fingerprint density at radius 2 is 1.61 bits per heavy atom. The average molecular weight is 445 g/mol. The molecule has 0 amide bonds. The Hall–Kier alpha value is -3.26. The molecule has 0 radical (unpaired) electrons. The molecule has 0 aromatic heterocycles. The van der Waals surface area contributed by atoms with Crippen molar-refractivity contribution in [2.45, 2.75) is 17.8 Å². The van der Waals surface area contributed by atoms with Gasteiger partial charge < -0.3 is 19.3 Å². The highest BCUT2D eigenvalue weighted by Gasteiger charge is 2.29. The van der Waals surface area contributed by atoms with Crippen molar-refractivity contribution >= 4 is 29.9 Å². The molecular formula is C23H24O7S. The second-order valence-electron chi connectivity index (χ2n) is 6.42. The van der Waals surface area contributed by atoms with Gasteiger partial charge in [-0.3, -0.25) is 0 Å². The van der Waals surface area contributed by atoms with Crippen LogP contribution in [0.1, 0.15) is 27.1 Å². The minimum atomic E-state index is -0.879. The third-order valence-corrected chi connectivity index (χ3v) is 5.42. The maximum Gasteiger partial charge on any atom is 0.508 e. The first-order chi connectivity index (χ1) is 15.0. The van der Waals surface area contributed by atoms with Crippen LogP contribution in [-0.2, 0) is 14.2 Å². The Balaban J connectivity index is 0.000000316. The van der Waals surface area contributed by atoms with Gasteiger partial charge in [-0.25, -0.2) is 14.4 Å². The van der Waals surface area contributed by atoms with Crippen molar-refractivity contribution in [3.05, 3.63) is 84.4 Å². The predicted molar refractivity (Wildman–Crippen MR) is 117 cm³/mol. The second-order valence-corrected chi connectivity index (χ2v) is 7.75. The van der Waals surface area contributed by atoms with Crippen molar-refractivity contribution in [1.29, 1.82) is 0 Å². The molecule has 1 aliphatic rings. The zero-order valence-electron chi connectivity index (χ0n) is 16.8. The smallest absolute Gasteiger partial charge is 0.478 e. The first-order valence-corrected chi connectivity index (χ1v) is 10.6. The molecule has 31 heavy (non-hydrogen) atoms. The molecule has 1 fully saturated rings. The summed E-state index contributed by atoms with van der Waals surface area (Å²) in [5.41, 5.74) is 0.865. The number of aromatic carboxylic acids is 1. The van der Waals surface area contributed by atoms with E-state index in [1.165, 1.54) is 6.08 Å². The van der Waals surface area contributed by atoms with Gasteiger partial charge in [0, 0.05) is 17.4 Å². The summed E-state index contributed by atoms with van der Waals surface area (Å²) in [5, 5.41) is 8.51. The normalized spacial score (nSPS) is 16.9. The van der Waals surface area contributed by atoms with Gasteiger partial charge in [0.15, 0.2) is 0 Å². The lowest BCUT2D eigenvalue weighted by atomic mass is 10.2. The summed E-state index contributed by atoms with van der Waals surface area (Å²) >= 11 is 1.62. The van der Waals surface area contributed by atoms with Gasteiger partial charge >= 0.3 is 18.1 Å². The number of carboxylic acid groups (broad SMARTS) is 1. The maximum atomic E-state index is 11.8. The molecule has 2 aromatic carbocycles. The molecule has 0 saturated carbocycles. The summed E-state index contributed by atoms with van der Waals surface area (Å²) in [6.45, 7) is 3.90. The third kappa shape index (κ3) is 8.96. The van der Waals surface area contributed by atoms with E-state index in [0.717, 1.165) is 0 Å². The lowest BCUT2D eigenvalue weighted by Gasteiger charge is -2.12. The summed E-state index contributed by atoms with van der Waals surface area (Å²) in [7, 11) is 0. The Morgan fingerprint density at radius 3 is 2.16 bits per heavy atom. The van der Waals surface area contributed by atoms with Crippen molar-refractivity contribution in [1.82, 2.24) is 0 Å². The van der Waals surface area contributed by atoms with E-state index < -0.39 is 12.1 Å². The number of rotatable bonds is 7. The molecule has 2 aromatic rings. The summed E-state index contributed by atoms with van der Waals surface area (Å²) in [4.78, 5) is 33.4. The highest BCUT2D eigenvalue weighted by molar-refractivity contribution is 8.00. The zero-order valence-corrected chi connectivity index (χ0v) is 17.7. The van der Waals surface area contributed by atoms with Crippen LogP contribution in [0.15, 0.2) is 73.3 Å². The molecule has 0 bridgehead atoms. The standard InChI is InChI=1S/C16H18O5S.C7H6O2/c1-2-8-19-16(18)21-13-9-14(22-11-13)10-20-15(17)12-6-4-3-5-7-12;8-7(9)6-4-2-1-3-5-6/h2-7,13-14H,1,8-11H2;1-5H,(H,8,9)/t13-,14+;/m0./s1. The second kappa shape index (κ2) is 13.1. The van der Waals surface area contributed by atoms with Crippen LogP contribution in [0.5, 0.6) is 0 Å². The molecule has 2 atom stereocenters. The number of thioether (sulfide) groups is 1. The van der Waals surface area contributed by atoms with Crippen LogP contribution in [0.2, 0.25) is 0 Å². The largest absolute Gasteiger partial charge is 0.508 e. The Labute approximate surface area is 185 Å². The quantitative estimate of drug-likeness (QED) is 0.494. The Morgan fingerprint density at radius 1 is 1.00 bits per heavy atom. The van der Waals surface area contributed by atoms with E-state index in [2.05, 4.69) is 6.58 Å². The van der Waals surface area contributed by atoms with Crippen LogP contribution in [0.3, 0.4) is 0 Å². The first kappa shape index (κ1) is 24.0. The summed E-state index contributed by atoms with van der Waals surface area (Å²) in [5.74, 6) is -0.539. The fourth-order valence-corrected chi connectivity index (χ4v) is 3.78. The lowest BCUT2D eigenvalue weighted by molar-refractivity contribution is 0.0321. The number of carbonyl (C=O) groups excluding carboxylic acids is 2. The number of hydrogen-bond acceptors (Lipinski definition) is 7. The van der Waals surface area contributed by atoms with Gasteiger partial charge in [-0.2, -0.15) is 11.8 Å². The summed E-state index contributed by atoms with van der Waals surface area (Å²) in [6, 6.07) is 17.2. The molecule has 1 saturated heterocycles. The van der Waals surface area contributed by atoms with Gasteiger partial charge in [0.1, 0.15) is 19.3 Å². The van der Waals surface area contributed by atoms with Crippen molar-refractivity contribution in [2.75, 3.05) is 19.0 Å². The van der Waals surface area contributed by atoms with Gasteiger partial charge in [0.2, 0.25) is 0 Å². The minimum Gasteiger partial charge on any atom is -0.478 e. The van der Waals surface area contributed by atoms with Gasteiger partial charge in [-0.15, -0.1) is 0 Å². The monoisotopic (exact) mass is 444 g/mol. The Bertz CT molecular complexity index is 855. The van der Waals surface area contributed by atoms with Crippen molar-refractivity contribution in [2.24, 2.45) is 0 Å². The van der Waals surface area contributed by atoms with Crippen LogP contribution in [-0.4, -0.2) is 53.5 Å². The van der Waals surface area contributed by atoms with Crippen LogP contribution in [0.25, 0.3) is 0 Å². The molecule has 8 heteroatoms. The molecule has 0 unspecified atom stereocenters. The highest BCUT2D eigenvalue weighted by atomic mass is 32.2. The van der Waals surface area contributed by atoms with Crippen molar-refractivity contribution in [3.63, 3.8) is 0 Å². The number of benzene rings is 2. The van der Waals surface area contributed by atoms with Crippen molar-refractivity contribution in [3.8, 4) is 0 Å². The Kier molecular flexibility index (Phi) is 10.2. The zero-order chi connectivity index (χ0) is 22.5. The van der Waals surface area contributed by atoms with Gasteiger partial charge in [0.05, 0.1) is 11.1 Å². The van der Waals surface area contributed by atoms with Crippen LogP contribution < -0.4 is 0 Å². The van der Waals surface area contributed by atoms with Crippen molar-refractivity contribution < 1.29 is 33.7 Å². The van der Waals surface area contributed by atoms with E-state index in [1.54, 1.807) is 66.4 Å². The molecule has 0 spiro atoms. The predicted octanol–water partition coefficient (Wildman–Crippen LogP) is 4.44. The van der Waals surface area contributed by atoms with E-state index in [-0.39, 0.29) is 23.9 Å². The molecular weight excluding hydrogens is 420 g/mol. The SMILES string of the molecule is C=CCOC(=O)O[C@@H]1CS[C@@H](COC(=O)c2ccccc2)C1.O=C(O)c1ccccc1. The number of ether oxygens (including phenoxy) is 3. The van der Waals surface area contributed by atoms with E-state index in [4.69, 9.17) is 19.3 Å². The number of hydrogen-bond donors (Lipinski definition) is 1. The van der Waals surface area contributed by atoms with Gasteiger partial charge in [0.25, 0.3) is 0 Å². The van der Waals surface area contributed by atoms with Crippen LogP contribution in [0, 0.1) is 0 Å². The fraction of sp³-hybridized carbons (Fsp3) is 0.261. The first-order valence-electron chi connectivity index (χ1n) is 9.56. The molecule has 0 aliphatic carbocycles. The van der Waals surface area contributed by atoms with E-state index >= 15 is 0 Å².